The largest absolute Gasteiger partial charge is 0.418 e. The first-order valence-electron chi connectivity index (χ1n) is 7.79. The van der Waals surface area contributed by atoms with Crippen molar-refractivity contribution in [2.24, 2.45) is 11.1 Å². The lowest BCUT2D eigenvalue weighted by Crippen LogP contribution is -2.31. The van der Waals surface area contributed by atoms with Gasteiger partial charge in [-0.1, -0.05) is 18.5 Å². The zero-order valence-corrected chi connectivity index (χ0v) is 14.3. The summed E-state index contributed by atoms with van der Waals surface area (Å²) in [6, 6.07) is 3.54. The molecule has 1 saturated heterocycles. The summed E-state index contributed by atoms with van der Waals surface area (Å²) < 4.78 is 41.1. The minimum atomic E-state index is -4.56. The van der Waals surface area contributed by atoms with E-state index in [1.165, 1.54) is 12.1 Å². The minimum Gasteiger partial charge on any atom is -0.330 e. The molecule has 0 bridgehead atoms. The number of alkyl halides is 3. The van der Waals surface area contributed by atoms with Gasteiger partial charge in [0.25, 0.3) is 0 Å². The molecule has 10 heteroatoms. The van der Waals surface area contributed by atoms with Crippen LogP contribution in [0.4, 0.5) is 13.2 Å². The maximum absolute atomic E-state index is 13.3. The van der Waals surface area contributed by atoms with Gasteiger partial charge in [0.2, 0.25) is 0 Å². The average molecular weight is 375 g/mol. The molecule has 6 nitrogen and oxygen atoms in total. The average Bonchev–Trinajstić information content (AvgIpc) is 3.14. The molecule has 2 aromatic rings. The second kappa shape index (κ2) is 6.54. The first-order valence-corrected chi connectivity index (χ1v) is 8.16. The molecule has 0 saturated carbocycles. The van der Waals surface area contributed by atoms with Crippen LogP contribution in [0.3, 0.4) is 0 Å². The highest BCUT2D eigenvalue weighted by Crippen LogP contribution is 2.36. The van der Waals surface area contributed by atoms with Crippen molar-refractivity contribution >= 4 is 11.6 Å². The molecule has 1 aromatic carbocycles. The number of nitrogens with zero attached hydrogens (tertiary/aromatic N) is 5. The van der Waals surface area contributed by atoms with E-state index in [0.717, 1.165) is 30.3 Å². The fourth-order valence-electron chi connectivity index (χ4n) is 3.04. The lowest BCUT2D eigenvalue weighted by atomic mass is 9.90. The Kier molecular flexibility index (Phi) is 4.74. The standard InChI is InChI=1S/C15H18ClF3N6/c1-14(8-20)4-5-24(9-14)7-13-21-22-23-25(13)12-3-2-10(16)6-11(12)15(17,18)19/h2-3,6H,4-5,7-9,20H2,1H3. The summed E-state index contributed by atoms with van der Waals surface area (Å²) in [5.74, 6) is 0.342. The molecule has 1 aliphatic heterocycles. The van der Waals surface area contributed by atoms with Crippen LogP contribution in [0.5, 0.6) is 0 Å². The SMILES string of the molecule is CC1(CN)CCN(Cc2nnnn2-c2ccc(Cl)cc2C(F)(F)F)C1. The molecular formula is C15H18ClF3N6. The molecule has 3 rings (SSSR count). The molecule has 1 aliphatic rings. The van der Waals surface area contributed by atoms with Crippen LogP contribution >= 0.6 is 11.6 Å². The number of benzene rings is 1. The summed E-state index contributed by atoms with van der Waals surface area (Å²) in [4.78, 5) is 2.10. The number of nitrogens with two attached hydrogens (primary N) is 1. The van der Waals surface area contributed by atoms with Gasteiger partial charge < -0.3 is 5.73 Å². The molecule has 0 aliphatic carbocycles. The van der Waals surface area contributed by atoms with E-state index in [2.05, 4.69) is 27.3 Å². The van der Waals surface area contributed by atoms with Crippen molar-refractivity contribution in [1.29, 1.82) is 0 Å². The van der Waals surface area contributed by atoms with E-state index < -0.39 is 11.7 Å². The molecule has 0 radical (unpaired) electrons. The molecule has 1 atom stereocenters. The predicted molar refractivity (Wildman–Crippen MR) is 86.2 cm³/mol. The first-order chi connectivity index (χ1) is 11.7. The van der Waals surface area contributed by atoms with Crippen LogP contribution < -0.4 is 5.73 Å². The van der Waals surface area contributed by atoms with Gasteiger partial charge >= 0.3 is 6.18 Å². The van der Waals surface area contributed by atoms with Crippen molar-refractivity contribution in [1.82, 2.24) is 25.1 Å². The highest BCUT2D eigenvalue weighted by Gasteiger charge is 2.36. The Bertz CT molecular complexity index is 762. The van der Waals surface area contributed by atoms with Crippen LogP contribution in [0.1, 0.15) is 24.7 Å². The molecule has 136 valence electrons. The molecule has 1 unspecified atom stereocenters. The Hall–Kier alpha value is -1.71. The molecule has 1 aromatic heterocycles. The first kappa shape index (κ1) is 18.1. The second-order valence-electron chi connectivity index (χ2n) is 6.64. The number of aromatic nitrogens is 4. The summed E-state index contributed by atoms with van der Waals surface area (Å²) in [6.45, 7) is 4.56. The summed E-state index contributed by atoms with van der Waals surface area (Å²) >= 11 is 5.73. The number of rotatable bonds is 4. The van der Waals surface area contributed by atoms with Crippen LogP contribution in [0, 0.1) is 5.41 Å². The molecule has 0 amide bonds. The molecule has 1 fully saturated rings. The van der Waals surface area contributed by atoms with E-state index in [9.17, 15) is 13.2 Å². The van der Waals surface area contributed by atoms with Crippen molar-refractivity contribution in [3.05, 3.63) is 34.6 Å². The van der Waals surface area contributed by atoms with Crippen molar-refractivity contribution in [2.45, 2.75) is 26.1 Å². The summed E-state index contributed by atoms with van der Waals surface area (Å²) in [5.41, 5.74) is 4.79. The number of tetrazole rings is 1. The fraction of sp³-hybridized carbons (Fsp3) is 0.533. The lowest BCUT2D eigenvalue weighted by molar-refractivity contribution is -0.137. The van der Waals surface area contributed by atoms with Gasteiger partial charge in [-0.2, -0.15) is 17.9 Å². The highest BCUT2D eigenvalue weighted by molar-refractivity contribution is 6.30. The third-order valence-electron chi connectivity index (χ3n) is 4.52. The van der Waals surface area contributed by atoms with Crippen molar-refractivity contribution < 1.29 is 13.2 Å². The van der Waals surface area contributed by atoms with Crippen molar-refractivity contribution in [3.63, 3.8) is 0 Å². The van der Waals surface area contributed by atoms with Gasteiger partial charge in [0.1, 0.15) is 0 Å². The van der Waals surface area contributed by atoms with E-state index in [1.807, 2.05) is 0 Å². The van der Waals surface area contributed by atoms with E-state index in [0.29, 0.717) is 18.9 Å². The van der Waals surface area contributed by atoms with Crippen molar-refractivity contribution in [3.8, 4) is 5.69 Å². The van der Waals surface area contributed by atoms with Gasteiger partial charge in [-0.25, -0.2) is 0 Å². The number of halogens is 4. The number of likely N-dealkylation sites (tertiary alicyclic amines) is 1. The normalized spacial score (nSPS) is 21.8. The lowest BCUT2D eigenvalue weighted by Gasteiger charge is -2.22. The Morgan fingerprint density at radius 2 is 2.12 bits per heavy atom. The number of hydrogen-bond donors (Lipinski definition) is 1. The smallest absolute Gasteiger partial charge is 0.330 e. The number of hydrogen-bond acceptors (Lipinski definition) is 5. The predicted octanol–water partition coefficient (Wildman–Crippen LogP) is 2.51. The molecule has 0 spiro atoms. The quantitative estimate of drug-likeness (QED) is 0.890. The monoisotopic (exact) mass is 374 g/mol. The van der Waals surface area contributed by atoms with Crippen LogP contribution in [-0.2, 0) is 12.7 Å². The minimum absolute atomic E-state index is 0.00366. The fourth-order valence-corrected chi connectivity index (χ4v) is 3.21. The summed E-state index contributed by atoms with van der Waals surface area (Å²) in [6.07, 6.45) is -3.63. The van der Waals surface area contributed by atoms with Crippen LogP contribution in [0.15, 0.2) is 18.2 Å². The third-order valence-corrected chi connectivity index (χ3v) is 4.76. The Morgan fingerprint density at radius 3 is 2.76 bits per heavy atom. The highest BCUT2D eigenvalue weighted by atomic mass is 35.5. The molecular weight excluding hydrogens is 357 g/mol. The van der Waals surface area contributed by atoms with E-state index in [-0.39, 0.29) is 16.1 Å². The Balaban J connectivity index is 1.91. The van der Waals surface area contributed by atoms with Crippen LogP contribution in [0.25, 0.3) is 5.69 Å². The van der Waals surface area contributed by atoms with E-state index >= 15 is 0 Å². The molecule has 2 heterocycles. The maximum atomic E-state index is 13.3. The topological polar surface area (TPSA) is 72.9 Å². The Labute approximate surface area is 147 Å². The zero-order valence-electron chi connectivity index (χ0n) is 13.6. The van der Waals surface area contributed by atoms with Crippen LogP contribution in [-0.4, -0.2) is 44.7 Å². The summed E-state index contributed by atoms with van der Waals surface area (Å²) in [5, 5.41) is 11.2. The van der Waals surface area contributed by atoms with Gasteiger partial charge in [-0.3, -0.25) is 4.90 Å². The van der Waals surface area contributed by atoms with E-state index in [1.54, 1.807) is 0 Å². The summed E-state index contributed by atoms with van der Waals surface area (Å²) in [7, 11) is 0. The molecule has 2 N–H and O–H groups in total. The molecule has 25 heavy (non-hydrogen) atoms. The van der Waals surface area contributed by atoms with Gasteiger partial charge in [0, 0.05) is 11.6 Å². The Morgan fingerprint density at radius 1 is 1.36 bits per heavy atom. The third kappa shape index (κ3) is 3.78. The van der Waals surface area contributed by atoms with Gasteiger partial charge in [-0.15, -0.1) is 5.10 Å². The van der Waals surface area contributed by atoms with E-state index in [4.69, 9.17) is 17.3 Å². The van der Waals surface area contributed by atoms with Crippen LogP contribution in [0.2, 0.25) is 5.02 Å². The van der Waals surface area contributed by atoms with Gasteiger partial charge in [0.05, 0.1) is 17.8 Å². The van der Waals surface area contributed by atoms with Gasteiger partial charge in [0.15, 0.2) is 5.82 Å². The van der Waals surface area contributed by atoms with Gasteiger partial charge in [-0.05, 0) is 53.6 Å². The second-order valence-corrected chi connectivity index (χ2v) is 7.08. The zero-order chi connectivity index (χ0) is 18.2. The maximum Gasteiger partial charge on any atom is 0.418 e. The van der Waals surface area contributed by atoms with Crippen molar-refractivity contribution in [2.75, 3.05) is 19.6 Å².